The van der Waals surface area contributed by atoms with Crippen molar-refractivity contribution < 1.29 is 19.5 Å². The highest BCUT2D eigenvalue weighted by molar-refractivity contribution is 6.30. The molecule has 0 unspecified atom stereocenters. The molecule has 0 spiro atoms. The standard InChI is InChI=1S/C20H26ClNO4/c1-4-15(17(23)5-2)22-16(13-6-8-14(21)9-7-13)10-11-20(3,19(22)26)12-18(24)25/h6-9,15-16H,4-5,10-12H2,1-3H3,(H,24,25)/t15-,16-,20+/m0/s1. The van der Waals surface area contributed by atoms with Crippen LogP contribution in [-0.2, 0) is 14.4 Å². The number of hydrogen-bond donors (Lipinski definition) is 1. The molecule has 5 nitrogen and oxygen atoms in total. The van der Waals surface area contributed by atoms with Crippen molar-refractivity contribution in [1.29, 1.82) is 0 Å². The second-order valence-electron chi connectivity index (χ2n) is 7.19. The van der Waals surface area contributed by atoms with Gasteiger partial charge in [0.2, 0.25) is 5.91 Å². The second-order valence-corrected chi connectivity index (χ2v) is 7.63. The number of likely N-dealkylation sites (tertiary alicyclic amines) is 1. The maximum atomic E-state index is 13.3. The van der Waals surface area contributed by atoms with Crippen LogP contribution in [0.5, 0.6) is 0 Å². The number of carboxylic acids is 1. The fraction of sp³-hybridized carbons (Fsp3) is 0.550. The zero-order valence-electron chi connectivity index (χ0n) is 15.5. The van der Waals surface area contributed by atoms with Crippen LogP contribution in [-0.4, -0.2) is 33.7 Å². The van der Waals surface area contributed by atoms with Gasteiger partial charge < -0.3 is 10.0 Å². The van der Waals surface area contributed by atoms with E-state index in [1.807, 2.05) is 19.1 Å². The molecule has 2 rings (SSSR count). The van der Waals surface area contributed by atoms with Gasteiger partial charge >= 0.3 is 5.97 Å². The summed E-state index contributed by atoms with van der Waals surface area (Å²) in [5, 5.41) is 9.85. The van der Waals surface area contributed by atoms with E-state index in [0.29, 0.717) is 30.7 Å². The molecule has 0 aliphatic carbocycles. The van der Waals surface area contributed by atoms with Crippen molar-refractivity contribution >= 4 is 29.3 Å². The average Bonchev–Trinajstić information content (AvgIpc) is 2.59. The SMILES string of the molecule is CCC(=O)[C@H](CC)N1C(=O)[C@@](C)(CC(=O)O)CC[C@H]1c1ccc(Cl)cc1. The fourth-order valence-corrected chi connectivity index (χ4v) is 3.96. The Balaban J connectivity index is 2.47. The van der Waals surface area contributed by atoms with Gasteiger partial charge in [-0.3, -0.25) is 14.4 Å². The van der Waals surface area contributed by atoms with Crippen LogP contribution in [0, 0.1) is 5.41 Å². The summed E-state index contributed by atoms with van der Waals surface area (Å²) >= 11 is 5.98. The molecule has 1 saturated heterocycles. The van der Waals surface area contributed by atoms with Crippen molar-refractivity contribution in [3.63, 3.8) is 0 Å². The predicted molar refractivity (Wildman–Crippen MR) is 100 cm³/mol. The van der Waals surface area contributed by atoms with Crippen LogP contribution in [0.15, 0.2) is 24.3 Å². The van der Waals surface area contributed by atoms with E-state index < -0.39 is 17.4 Å². The molecule has 1 heterocycles. The van der Waals surface area contributed by atoms with Crippen LogP contribution >= 0.6 is 11.6 Å². The maximum Gasteiger partial charge on any atom is 0.304 e. The predicted octanol–water partition coefficient (Wildman–Crippen LogP) is 4.24. The number of halogens is 1. The van der Waals surface area contributed by atoms with Gasteiger partial charge in [0, 0.05) is 11.4 Å². The van der Waals surface area contributed by atoms with Gasteiger partial charge in [-0.25, -0.2) is 0 Å². The van der Waals surface area contributed by atoms with Crippen LogP contribution < -0.4 is 0 Å². The first-order chi connectivity index (χ1) is 12.2. The van der Waals surface area contributed by atoms with Crippen LogP contribution in [0.3, 0.4) is 0 Å². The Morgan fingerprint density at radius 1 is 1.31 bits per heavy atom. The summed E-state index contributed by atoms with van der Waals surface area (Å²) in [5.41, 5.74) is -0.0709. The molecule has 1 fully saturated rings. The molecule has 1 aliphatic heterocycles. The van der Waals surface area contributed by atoms with E-state index in [-0.39, 0.29) is 24.2 Å². The molecule has 0 aromatic heterocycles. The summed E-state index contributed by atoms with van der Waals surface area (Å²) in [6, 6.07) is 6.50. The van der Waals surface area contributed by atoms with E-state index in [1.165, 1.54) is 0 Å². The Morgan fingerprint density at radius 2 is 1.92 bits per heavy atom. The van der Waals surface area contributed by atoms with Gasteiger partial charge in [0.05, 0.1) is 23.9 Å². The summed E-state index contributed by atoms with van der Waals surface area (Å²) in [4.78, 5) is 38.8. The van der Waals surface area contributed by atoms with E-state index >= 15 is 0 Å². The lowest BCUT2D eigenvalue weighted by molar-refractivity contribution is -0.161. The summed E-state index contributed by atoms with van der Waals surface area (Å²) in [6.45, 7) is 5.36. The van der Waals surface area contributed by atoms with E-state index in [4.69, 9.17) is 11.6 Å². The molecule has 1 amide bonds. The minimum absolute atomic E-state index is 0.000566. The molecule has 1 aromatic rings. The van der Waals surface area contributed by atoms with E-state index in [0.717, 1.165) is 5.56 Å². The Morgan fingerprint density at radius 3 is 2.42 bits per heavy atom. The zero-order valence-corrected chi connectivity index (χ0v) is 16.3. The number of amides is 1. The second kappa shape index (κ2) is 8.21. The number of rotatable bonds is 7. The summed E-state index contributed by atoms with van der Waals surface area (Å²) in [6.07, 6.45) is 1.70. The van der Waals surface area contributed by atoms with Crippen molar-refractivity contribution in [3.05, 3.63) is 34.9 Å². The van der Waals surface area contributed by atoms with Crippen molar-refractivity contribution in [3.8, 4) is 0 Å². The first-order valence-corrected chi connectivity index (χ1v) is 9.44. The number of Topliss-reactive ketones (excluding diaryl/α,β-unsaturated/α-hetero) is 1. The van der Waals surface area contributed by atoms with Crippen molar-refractivity contribution in [1.82, 2.24) is 4.90 Å². The number of ketones is 1. The highest BCUT2D eigenvalue weighted by Gasteiger charge is 2.48. The lowest BCUT2D eigenvalue weighted by Crippen LogP contribution is -2.55. The van der Waals surface area contributed by atoms with Crippen molar-refractivity contribution in [2.75, 3.05) is 0 Å². The largest absolute Gasteiger partial charge is 0.481 e. The molecular formula is C20H26ClNO4. The molecule has 1 N–H and O–H groups in total. The van der Waals surface area contributed by atoms with Gasteiger partial charge in [0.1, 0.15) is 0 Å². The number of carbonyl (C=O) groups excluding carboxylic acids is 2. The van der Waals surface area contributed by atoms with Crippen molar-refractivity contribution in [2.24, 2.45) is 5.41 Å². The number of benzene rings is 1. The Kier molecular flexibility index (Phi) is 6.45. The normalized spacial score (nSPS) is 24.4. The fourth-order valence-electron chi connectivity index (χ4n) is 3.84. The highest BCUT2D eigenvalue weighted by Crippen LogP contribution is 2.44. The zero-order chi connectivity index (χ0) is 19.5. The molecule has 3 atom stereocenters. The van der Waals surface area contributed by atoms with Gasteiger partial charge in [-0.05, 0) is 37.0 Å². The van der Waals surface area contributed by atoms with Crippen molar-refractivity contribution in [2.45, 2.75) is 65.0 Å². The molecule has 0 bridgehead atoms. The van der Waals surface area contributed by atoms with E-state index in [1.54, 1.807) is 30.9 Å². The molecule has 26 heavy (non-hydrogen) atoms. The monoisotopic (exact) mass is 379 g/mol. The first-order valence-electron chi connectivity index (χ1n) is 9.06. The number of hydrogen-bond acceptors (Lipinski definition) is 3. The number of piperidine rings is 1. The van der Waals surface area contributed by atoms with Crippen LogP contribution in [0.25, 0.3) is 0 Å². The summed E-state index contributed by atoms with van der Waals surface area (Å²) in [7, 11) is 0. The number of aliphatic carboxylic acids is 1. The first kappa shape index (κ1) is 20.4. The number of carboxylic acid groups (broad SMARTS) is 1. The maximum absolute atomic E-state index is 13.3. The lowest BCUT2D eigenvalue weighted by atomic mass is 9.74. The minimum Gasteiger partial charge on any atom is -0.481 e. The van der Waals surface area contributed by atoms with Gasteiger partial charge in [-0.15, -0.1) is 0 Å². The smallest absolute Gasteiger partial charge is 0.304 e. The minimum atomic E-state index is -0.999. The molecule has 142 valence electrons. The van der Waals surface area contributed by atoms with Gasteiger partial charge in [-0.1, -0.05) is 44.5 Å². The summed E-state index contributed by atoms with van der Waals surface area (Å²) in [5.74, 6) is -1.25. The molecular weight excluding hydrogens is 354 g/mol. The Labute approximate surface area is 159 Å². The van der Waals surface area contributed by atoms with Gasteiger partial charge in [0.15, 0.2) is 5.78 Å². The third kappa shape index (κ3) is 4.09. The Hall–Kier alpha value is -1.88. The quantitative estimate of drug-likeness (QED) is 0.768. The molecule has 0 radical (unpaired) electrons. The molecule has 6 heteroatoms. The van der Waals surface area contributed by atoms with Gasteiger partial charge in [0.25, 0.3) is 0 Å². The van der Waals surface area contributed by atoms with Crippen LogP contribution in [0.1, 0.15) is 64.5 Å². The Bertz CT molecular complexity index is 688. The van der Waals surface area contributed by atoms with E-state index in [9.17, 15) is 19.5 Å². The van der Waals surface area contributed by atoms with Crippen LogP contribution in [0.2, 0.25) is 5.02 Å². The van der Waals surface area contributed by atoms with Crippen LogP contribution in [0.4, 0.5) is 0 Å². The van der Waals surface area contributed by atoms with E-state index in [2.05, 4.69) is 0 Å². The number of carbonyl (C=O) groups is 3. The third-order valence-electron chi connectivity index (χ3n) is 5.29. The number of nitrogens with zero attached hydrogens (tertiary/aromatic N) is 1. The lowest BCUT2D eigenvalue weighted by Gasteiger charge is -2.47. The third-order valence-corrected chi connectivity index (χ3v) is 5.55. The topological polar surface area (TPSA) is 74.7 Å². The average molecular weight is 380 g/mol. The molecule has 0 saturated carbocycles. The summed E-state index contributed by atoms with van der Waals surface area (Å²) < 4.78 is 0. The highest BCUT2D eigenvalue weighted by atomic mass is 35.5. The van der Waals surface area contributed by atoms with Gasteiger partial charge in [-0.2, -0.15) is 0 Å². The molecule has 1 aromatic carbocycles. The molecule has 1 aliphatic rings.